The minimum atomic E-state index is -4.11. The SMILES string of the molecule is CCC[C@@H](C)NC(=O)[C@@H]1CCC(=O)N1S(=O)(=O)c1ccc(OC)c(C)c1. The first-order valence-corrected chi connectivity index (χ1v) is 10.2. The number of amides is 2. The number of carbonyl (C=O) groups excluding carboxylic acids is 2. The van der Waals surface area contributed by atoms with Crippen LogP contribution in [0.5, 0.6) is 5.75 Å². The summed E-state index contributed by atoms with van der Waals surface area (Å²) >= 11 is 0. The first kappa shape index (κ1) is 20.2. The van der Waals surface area contributed by atoms with Gasteiger partial charge in [0.15, 0.2) is 0 Å². The van der Waals surface area contributed by atoms with E-state index in [1.807, 2.05) is 13.8 Å². The van der Waals surface area contributed by atoms with Crippen LogP contribution in [0, 0.1) is 6.92 Å². The highest BCUT2D eigenvalue weighted by Gasteiger charge is 2.44. The van der Waals surface area contributed by atoms with E-state index in [0.717, 1.165) is 17.1 Å². The lowest BCUT2D eigenvalue weighted by atomic mass is 10.1. The summed E-state index contributed by atoms with van der Waals surface area (Å²) in [7, 11) is -2.61. The van der Waals surface area contributed by atoms with Gasteiger partial charge in [-0.3, -0.25) is 9.59 Å². The summed E-state index contributed by atoms with van der Waals surface area (Å²) in [5.41, 5.74) is 0.637. The summed E-state index contributed by atoms with van der Waals surface area (Å²) < 4.78 is 31.9. The molecule has 0 aliphatic carbocycles. The van der Waals surface area contributed by atoms with Crippen molar-refractivity contribution in [2.45, 2.75) is 63.4 Å². The quantitative estimate of drug-likeness (QED) is 0.778. The van der Waals surface area contributed by atoms with Gasteiger partial charge in [0.05, 0.1) is 12.0 Å². The minimum absolute atomic E-state index is 0.0227. The summed E-state index contributed by atoms with van der Waals surface area (Å²) in [6, 6.07) is 3.31. The van der Waals surface area contributed by atoms with Crippen LogP contribution in [-0.4, -0.2) is 43.7 Å². The lowest BCUT2D eigenvalue weighted by Gasteiger charge is -2.25. The number of hydrogen-bond donors (Lipinski definition) is 1. The van der Waals surface area contributed by atoms with Gasteiger partial charge in [-0.05, 0) is 50.5 Å². The molecular weight excluding hydrogens is 356 g/mol. The molecule has 7 nitrogen and oxygen atoms in total. The lowest BCUT2D eigenvalue weighted by molar-refractivity contribution is -0.131. The van der Waals surface area contributed by atoms with Crippen molar-refractivity contribution in [3.8, 4) is 5.75 Å². The van der Waals surface area contributed by atoms with E-state index >= 15 is 0 Å². The van der Waals surface area contributed by atoms with E-state index in [0.29, 0.717) is 11.3 Å². The third-order valence-corrected chi connectivity index (χ3v) is 6.32. The first-order valence-electron chi connectivity index (χ1n) is 8.74. The number of rotatable bonds is 7. The molecule has 1 aliphatic rings. The highest BCUT2D eigenvalue weighted by Crippen LogP contribution is 2.30. The third-order valence-electron chi connectivity index (χ3n) is 4.50. The van der Waals surface area contributed by atoms with E-state index < -0.39 is 27.9 Å². The Labute approximate surface area is 154 Å². The number of aryl methyl sites for hydroxylation is 1. The minimum Gasteiger partial charge on any atom is -0.496 e. The Morgan fingerprint density at radius 3 is 2.69 bits per heavy atom. The van der Waals surface area contributed by atoms with Crippen LogP contribution >= 0.6 is 0 Å². The van der Waals surface area contributed by atoms with E-state index in [1.165, 1.54) is 19.2 Å². The Hall–Kier alpha value is -2.09. The second kappa shape index (κ2) is 8.07. The van der Waals surface area contributed by atoms with Crippen molar-refractivity contribution in [3.63, 3.8) is 0 Å². The van der Waals surface area contributed by atoms with Gasteiger partial charge >= 0.3 is 0 Å². The van der Waals surface area contributed by atoms with Crippen LogP contribution in [0.3, 0.4) is 0 Å². The Balaban J connectivity index is 2.31. The predicted octanol–water partition coefficient (Wildman–Crippen LogP) is 1.99. The average molecular weight is 382 g/mol. The second-order valence-electron chi connectivity index (χ2n) is 6.58. The Bertz CT molecular complexity index is 791. The maximum absolute atomic E-state index is 13.0. The maximum atomic E-state index is 13.0. The maximum Gasteiger partial charge on any atom is 0.267 e. The van der Waals surface area contributed by atoms with Gasteiger partial charge in [-0.2, -0.15) is 0 Å². The molecule has 1 saturated heterocycles. The second-order valence-corrected chi connectivity index (χ2v) is 8.39. The molecular formula is C18H26N2O5S. The molecule has 2 atom stereocenters. The summed E-state index contributed by atoms with van der Waals surface area (Å²) in [5.74, 6) is -0.424. The molecule has 0 radical (unpaired) electrons. The van der Waals surface area contributed by atoms with Crippen LogP contribution in [-0.2, 0) is 19.6 Å². The van der Waals surface area contributed by atoms with Gasteiger partial charge in [-0.1, -0.05) is 13.3 Å². The molecule has 1 fully saturated rings. The molecule has 1 aliphatic heterocycles. The van der Waals surface area contributed by atoms with Crippen LogP contribution in [0.4, 0.5) is 0 Å². The lowest BCUT2D eigenvalue weighted by Crippen LogP contribution is -2.49. The third kappa shape index (κ3) is 4.00. The molecule has 1 aromatic rings. The zero-order valence-corrected chi connectivity index (χ0v) is 16.4. The number of sulfonamides is 1. The Kier molecular flexibility index (Phi) is 6.28. The van der Waals surface area contributed by atoms with Gasteiger partial charge in [0, 0.05) is 12.5 Å². The predicted molar refractivity (Wildman–Crippen MR) is 97.3 cm³/mol. The van der Waals surface area contributed by atoms with Crippen molar-refractivity contribution in [2.24, 2.45) is 0 Å². The fourth-order valence-electron chi connectivity index (χ4n) is 3.17. The molecule has 2 amide bonds. The van der Waals surface area contributed by atoms with Crippen molar-refractivity contribution in [2.75, 3.05) is 7.11 Å². The van der Waals surface area contributed by atoms with Crippen LogP contribution in [0.25, 0.3) is 0 Å². The molecule has 0 spiro atoms. The van der Waals surface area contributed by atoms with Crippen LogP contribution in [0.2, 0.25) is 0 Å². The van der Waals surface area contributed by atoms with Gasteiger partial charge in [-0.25, -0.2) is 12.7 Å². The number of methoxy groups -OCH3 is 1. The number of ether oxygens (including phenoxy) is 1. The molecule has 1 heterocycles. The van der Waals surface area contributed by atoms with Crippen molar-refractivity contribution >= 4 is 21.8 Å². The molecule has 144 valence electrons. The molecule has 2 rings (SSSR count). The van der Waals surface area contributed by atoms with E-state index in [4.69, 9.17) is 4.74 Å². The van der Waals surface area contributed by atoms with E-state index in [2.05, 4.69) is 5.32 Å². The van der Waals surface area contributed by atoms with Gasteiger partial charge in [0.1, 0.15) is 11.8 Å². The van der Waals surface area contributed by atoms with Crippen molar-refractivity contribution in [1.82, 2.24) is 9.62 Å². The molecule has 1 aromatic carbocycles. The summed E-state index contributed by atoms with van der Waals surface area (Å²) in [4.78, 5) is 24.8. The van der Waals surface area contributed by atoms with Crippen LogP contribution in [0.1, 0.15) is 45.1 Å². The van der Waals surface area contributed by atoms with Crippen molar-refractivity contribution < 1.29 is 22.7 Å². The Morgan fingerprint density at radius 1 is 1.42 bits per heavy atom. The molecule has 0 aromatic heterocycles. The molecule has 26 heavy (non-hydrogen) atoms. The summed E-state index contributed by atoms with van der Waals surface area (Å²) in [5, 5.41) is 2.81. The van der Waals surface area contributed by atoms with Crippen LogP contribution < -0.4 is 10.1 Å². The normalized spacial score (nSPS) is 18.7. The van der Waals surface area contributed by atoms with Gasteiger partial charge in [0.2, 0.25) is 11.8 Å². The smallest absolute Gasteiger partial charge is 0.267 e. The molecule has 0 unspecified atom stereocenters. The summed E-state index contributed by atoms with van der Waals surface area (Å²) in [6.07, 6.45) is 1.92. The van der Waals surface area contributed by atoms with Gasteiger partial charge in [0.25, 0.3) is 10.0 Å². The van der Waals surface area contributed by atoms with Crippen molar-refractivity contribution in [3.05, 3.63) is 23.8 Å². The zero-order chi connectivity index (χ0) is 19.5. The Morgan fingerprint density at radius 2 is 2.12 bits per heavy atom. The number of carbonyl (C=O) groups is 2. The summed E-state index contributed by atoms with van der Waals surface area (Å²) in [6.45, 7) is 5.59. The fraction of sp³-hybridized carbons (Fsp3) is 0.556. The standard InChI is InChI=1S/C18H26N2O5S/c1-5-6-13(3)19-18(22)15-8-10-17(21)20(15)26(23,24)14-7-9-16(25-4)12(2)11-14/h7,9,11,13,15H,5-6,8,10H2,1-4H3,(H,19,22)/t13-,15+/m1/s1. The zero-order valence-electron chi connectivity index (χ0n) is 15.6. The highest BCUT2D eigenvalue weighted by molar-refractivity contribution is 7.89. The van der Waals surface area contributed by atoms with E-state index in [-0.39, 0.29) is 23.8 Å². The highest BCUT2D eigenvalue weighted by atomic mass is 32.2. The average Bonchev–Trinajstić information content (AvgIpc) is 2.97. The molecule has 1 N–H and O–H groups in total. The monoisotopic (exact) mass is 382 g/mol. The molecule has 8 heteroatoms. The number of nitrogens with zero attached hydrogens (tertiary/aromatic N) is 1. The molecule has 0 saturated carbocycles. The fourth-order valence-corrected chi connectivity index (χ4v) is 4.86. The first-order chi connectivity index (χ1) is 12.2. The van der Waals surface area contributed by atoms with Gasteiger partial charge < -0.3 is 10.1 Å². The van der Waals surface area contributed by atoms with Crippen molar-refractivity contribution in [1.29, 1.82) is 0 Å². The van der Waals surface area contributed by atoms with Gasteiger partial charge in [-0.15, -0.1) is 0 Å². The van der Waals surface area contributed by atoms with E-state index in [9.17, 15) is 18.0 Å². The molecule has 0 bridgehead atoms. The number of hydrogen-bond acceptors (Lipinski definition) is 5. The number of nitrogens with one attached hydrogen (secondary N) is 1. The van der Waals surface area contributed by atoms with E-state index in [1.54, 1.807) is 13.0 Å². The largest absolute Gasteiger partial charge is 0.496 e. The number of benzene rings is 1. The van der Waals surface area contributed by atoms with Crippen LogP contribution in [0.15, 0.2) is 23.1 Å². The topological polar surface area (TPSA) is 92.8 Å².